The number of halogens is 1. The Labute approximate surface area is 151 Å². The predicted octanol–water partition coefficient (Wildman–Crippen LogP) is 3.39. The SMILES string of the molecule is Cc1ccc(CCO[C@H]2CC[C@H](Nc3ncnc4[nH]ncc34)C2)cc1F. The Morgan fingerprint density at radius 3 is 3.12 bits per heavy atom. The molecule has 1 aromatic carbocycles. The molecule has 1 aliphatic rings. The summed E-state index contributed by atoms with van der Waals surface area (Å²) in [5.74, 6) is 0.660. The number of aromatic amines is 1. The number of hydrogen-bond acceptors (Lipinski definition) is 5. The Kier molecular flexibility index (Phi) is 4.79. The number of benzene rings is 1. The fraction of sp³-hybridized carbons (Fsp3) is 0.421. The molecule has 0 aliphatic heterocycles. The van der Waals surface area contributed by atoms with Crippen molar-refractivity contribution in [2.24, 2.45) is 0 Å². The summed E-state index contributed by atoms with van der Waals surface area (Å²) in [6.07, 6.45) is 7.21. The van der Waals surface area contributed by atoms with Crippen LogP contribution in [0.5, 0.6) is 0 Å². The first-order valence-corrected chi connectivity index (χ1v) is 8.96. The Balaban J connectivity index is 1.27. The zero-order valence-corrected chi connectivity index (χ0v) is 14.7. The minimum Gasteiger partial charge on any atom is -0.378 e. The summed E-state index contributed by atoms with van der Waals surface area (Å²) in [5.41, 5.74) is 2.39. The number of aryl methyl sites for hydroxylation is 1. The Bertz CT molecular complexity index is 897. The van der Waals surface area contributed by atoms with Gasteiger partial charge in [0, 0.05) is 6.04 Å². The van der Waals surface area contributed by atoms with Crippen molar-refractivity contribution in [1.82, 2.24) is 20.2 Å². The van der Waals surface area contributed by atoms with Crippen molar-refractivity contribution in [3.8, 4) is 0 Å². The first-order valence-electron chi connectivity index (χ1n) is 8.96. The molecule has 1 aliphatic carbocycles. The van der Waals surface area contributed by atoms with Crippen LogP contribution >= 0.6 is 0 Å². The number of nitrogens with zero attached hydrogens (tertiary/aromatic N) is 3. The van der Waals surface area contributed by atoms with Gasteiger partial charge < -0.3 is 10.1 Å². The zero-order chi connectivity index (χ0) is 17.9. The molecule has 136 valence electrons. The number of hydrogen-bond donors (Lipinski definition) is 2. The lowest BCUT2D eigenvalue weighted by Gasteiger charge is -2.15. The van der Waals surface area contributed by atoms with Crippen molar-refractivity contribution in [3.05, 3.63) is 47.7 Å². The van der Waals surface area contributed by atoms with Crippen molar-refractivity contribution in [2.75, 3.05) is 11.9 Å². The lowest BCUT2D eigenvalue weighted by molar-refractivity contribution is 0.0601. The van der Waals surface area contributed by atoms with E-state index in [1.807, 2.05) is 12.1 Å². The summed E-state index contributed by atoms with van der Waals surface area (Å²) in [5, 5.41) is 11.2. The standard InChI is InChI=1S/C19H22FN5O/c1-12-2-3-13(8-17(12)20)6-7-26-15-5-4-14(9-15)24-18-16-10-23-25-19(16)22-11-21-18/h2-3,8,10-11,14-15H,4-7,9H2,1H3,(H2,21,22,23,24,25)/t14-,15-/m0/s1. The highest BCUT2D eigenvalue weighted by atomic mass is 19.1. The average Bonchev–Trinajstić information content (AvgIpc) is 3.28. The van der Waals surface area contributed by atoms with Gasteiger partial charge in [0.2, 0.25) is 0 Å². The maximum absolute atomic E-state index is 13.6. The second-order valence-corrected chi connectivity index (χ2v) is 6.84. The second-order valence-electron chi connectivity index (χ2n) is 6.84. The molecule has 0 radical (unpaired) electrons. The molecule has 0 unspecified atom stereocenters. The van der Waals surface area contributed by atoms with Gasteiger partial charge in [-0.3, -0.25) is 5.10 Å². The maximum atomic E-state index is 13.6. The predicted molar refractivity (Wildman–Crippen MR) is 97.5 cm³/mol. The molecule has 3 aromatic rings. The molecule has 1 fully saturated rings. The first-order chi connectivity index (χ1) is 12.7. The molecule has 7 heteroatoms. The molecule has 2 aromatic heterocycles. The van der Waals surface area contributed by atoms with Gasteiger partial charge in [-0.2, -0.15) is 5.10 Å². The topological polar surface area (TPSA) is 75.7 Å². The Morgan fingerprint density at radius 2 is 2.23 bits per heavy atom. The smallest absolute Gasteiger partial charge is 0.160 e. The molecule has 2 N–H and O–H groups in total. The largest absolute Gasteiger partial charge is 0.378 e. The number of anilines is 1. The highest BCUT2D eigenvalue weighted by Gasteiger charge is 2.26. The van der Waals surface area contributed by atoms with Gasteiger partial charge >= 0.3 is 0 Å². The van der Waals surface area contributed by atoms with E-state index >= 15 is 0 Å². The van der Waals surface area contributed by atoms with Gasteiger partial charge in [-0.15, -0.1) is 0 Å². The fourth-order valence-electron chi connectivity index (χ4n) is 3.43. The number of aromatic nitrogens is 4. The molecule has 4 rings (SSSR count). The van der Waals surface area contributed by atoms with Gasteiger partial charge in [-0.05, 0) is 49.8 Å². The molecule has 26 heavy (non-hydrogen) atoms. The third-order valence-corrected chi connectivity index (χ3v) is 4.95. The van der Waals surface area contributed by atoms with Crippen LogP contribution in [0.1, 0.15) is 30.4 Å². The summed E-state index contributed by atoms with van der Waals surface area (Å²) in [7, 11) is 0. The highest BCUT2D eigenvalue weighted by molar-refractivity contribution is 5.85. The number of rotatable bonds is 6. The third kappa shape index (κ3) is 3.67. The lowest BCUT2D eigenvalue weighted by atomic mass is 10.1. The van der Waals surface area contributed by atoms with E-state index in [9.17, 15) is 4.39 Å². The number of H-pyrrole nitrogens is 1. The van der Waals surface area contributed by atoms with Crippen molar-refractivity contribution >= 4 is 16.9 Å². The lowest BCUT2D eigenvalue weighted by Crippen LogP contribution is -2.19. The monoisotopic (exact) mass is 355 g/mol. The molecule has 0 bridgehead atoms. The van der Waals surface area contributed by atoms with E-state index in [2.05, 4.69) is 25.5 Å². The van der Waals surface area contributed by atoms with E-state index in [1.165, 1.54) is 6.33 Å². The normalized spacial score (nSPS) is 19.9. The molecule has 2 heterocycles. The molecular formula is C19H22FN5O. The van der Waals surface area contributed by atoms with E-state index in [0.717, 1.165) is 48.1 Å². The fourth-order valence-corrected chi connectivity index (χ4v) is 3.43. The van der Waals surface area contributed by atoms with Crippen molar-refractivity contribution in [3.63, 3.8) is 0 Å². The van der Waals surface area contributed by atoms with Crippen LogP contribution in [0, 0.1) is 12.7 Å². The summed E-state index contributed by atoms with van der Waals surface area (Å²) in [4.78, 5) is 8.48. The Hall–Kier alpha value is -2.54. The van der Waals surface area contributed by atoms with Crippen LogP contribution < -0.4 is 5.32 Å². The third-order valence-electron chi connectivity index (χ3n) is 4.95. The van der Waals surface area contributed by atoms with Gasteiger partial charge in [0.25, 0.3) is 0 Å². The highest BCUT2D eigenvalue weighted by Crippen LogP contribution is 2.27. The van der Waals surface area contributed by atoms with Gasteiger partial charge in [-0.25, -0.2) is 14.4 Å². The quantitative estimate of drug-likeness (QED) is 0.709. The van der Waals surface area contributed by atoms with E-state index in [0.29, 0.717) is 18.2 Å². The maximum Gasteiger partial charge on any atom is 0.160 e. The minimum atomic E-state index is -0.150. The van der Waals surface area contributed by atoms with Gasteiger partial charge in [0.1, 0.15) is 18.0 Å². The Morgan fingerprint density at radius 1 is 1.31 bits per heavy atom. The summed E-state index contributed by atoms with van der Waals surface area (Å²) < 4.78 is 19.6. The molecule has 2 atom stereocenters. The number of fused-ring (bicyclic) bond motifs is 1. The van der Waals surface area contributed by atoms with Crippen molar-refractivity contribution < 1.29 is 9.13 Å². The molecule has 0 spiro atoms. The molecule has 1 saturated carbocycles. The van der Waals surface area contributed by atoms with Gasteiger partial charge in [0.15, 0.2) is 5.65 Å². The summed E-state index contributed by atoms with van der Waals surface area (Å²) in [6.45, 7) is 2.38. The van der Waals surface area contributed by atoms with Crippen LogP contribution in [0.4, 0.5) is 10.2 Å². The molecular weight excluding hydrogens is 333 g/mol. The van der Waals surface area contributed by atoms with E-state index in [4.69, 9.17) is 4.74 Å². The first kappa shape index (κ1) is 16.9. The van der Waals surface area contributed by atoms with Gasteiger partial charge in [0.05, 0.1) is 24.3 Å². The molecule has 0 saturated heterocycles. The van der Waals surface area contributed by atoms with E-state index in [1.54, 1.807) is 19.2 Å². The number of nitrogens with one attached hydrogen (secondary N) is 2. The van der Waals surface area contributed by atoms with Crippen molar-refractivity contribution in [1.29, 1.82) is 0 Å². The average molecular weight is 355 g/mol. The van der Waals surface area contributed by atoms with E-state index in [-0.39, 0.29) is 11.9 Å². The van der Waals surface area contributed by atoms with Crippen LogP contribution in [0.25, 0.3) is 11.0 Å². The van der Waals surface area contributed by atoms with E-state index < -0.39 is 0 Å². The minimum absolute atomic E-state index is 0.150. The van der Waals surface area contributed by atoms with Crippen LogP contribution in [0.2, 0.25) is 0 Å². The molecule has 6 nitrogen and oxygen atoms in total. The molecule has 0 amide bonds. The van der Waals surface area contributed by atoms with Crippen molar-refractivity contribution in [2.45, 2.75) is 44.8 Å². The second kappa shape index (κ2) is 7.37. The van der Waals surface area contributed by atoms with Crippen LogP contribution in [-0.4, -0.2) is 38.9 Å². The summed E-state index contributed by atoms with van der Waals surface area (Å²) in [6, 6.07) is 5.71. The van der Waals surface area contributed by atoms with Crippen LogP contribution in [0.15, 0.2) is 30.7 Å². The zero-order valence-electron chi connectivity index (χ0n) is 14.7. The van der Waals surface area contributed by atoms with Crippen LogP contribution in [0.3, 0.4) is 0 Å². The van der Waals surface area contributed by atoms with Crippen LogP contribution in [-0.2, 0) is 11.2 Å². The van der Waals surface area contributed by atoms with Gasteiger partial charge in [-0.1, -0.05) is 12.1 Å². The summed E-state index contributed by atoms with van der Waals surface area (Å²) >= 11 is 0. The number of ether oxygens (including phenoxy) is 1.